The summed E-state index contributed by atoms with van der Waals surface area (Å²) >= 11 is 0. The normalized spacial score (nSPS) is 0. The van der Waals surface area contributed by atoms with Crippen molar-refractivity contribution in [2.45, 2.75) is 0 Å². The van der Waals surface area contributed by atoms with E-state index in [0.29, 0.717) is 0 Å². The van der Waals surface area contributed by atoms with Gasteiger partial charge in [-0.2, -0.15) is 0 Å². The van der Waals surface area contributed by atoms with Crippen LogP contribution in [0.3, 0.4) is 0 Å². The fourth-order valence-electron chi connectivity index (χ4n) is 0. The molecular weight excluding hydrogens is 432 g/mol. The minimum Gasteiger partial charge on any atom is -0.870 e. The first-order valence-corrected chi connectivity index (χ1v) is 0. The largest absolute Gasteiger partial charge is 1.00 e. The molecule has 0 atom stereocenters. The summed E-state index contributed by atoms with van der Waals surface area (Å²) in [6.45, 7) is 0. The summed E-state index contributed by atoms with van der Waals surface area (Å²) in [7, 11) is 0. The van der Waals surface area contributed by atoms with E-state index >= 15 is 0 Å². The molecule has 0 spiro atoms. The van der Waals surface area contributed by atoms with Gasteiger partial charge in [0, 0.05) is 34.7 Å². The van der Waals surface area contributed by atoms with E-state index < -0.39 is 0 Å². The average Bonchev–Trinajstić information content (AvgIpc) is 0. The van der Waals surface area contributed by atoms with Crippen LogP contribution in [-0.2, 0) is 79.5 Å². The van der Waals surface area contributed by atoms with Crippen LogP contribution in [0.1, 0.15) is 0 Å². The Bertz CT molecular complexity index is 14.4. The van der Waals surface area contributed by atoms with Crippen LogP contribution in [0.5, 0.6) is 0 Å². The molecule has 0 amide bonds. The minimum atomic E-state index is 0. The fourth-order valence-corrected chi connectivity index (χ4v) is 0. The summed E-state index contributed by atoms with van der Waals surface area (Å²) in [4.78, 5) is 0. The molecule has 0 aliphatic carbocycles. The van der Waals surface area contributed by atoms with E-state index in [1.54, 1.807) is 0 Å². The van der Waals surface area contributed by atoms with Crippen LogP contribution in [0.4, 0.5) is 0 Å². The molecule has 0 aromatic heterocycles. The monoisotopic (exact) mass is 442 g/mol. The molecule has 11 heteroatoms. The fraction of sp³-hybridized carbons (Fsp3) is 0. The maximum atomic E-state index is 0. The molecule has 88 valence electrons. The van der Waals surface area contributed by atoms with Gasteiger partial charge in [-0.1, -0.05) is 0 Å². The van der Waals surface area contributed by atoms with Crippen LogP contribution in [0.15, 0.2) is 0 Å². The summed E-state index contributed by atoms with van der Waals surface area (Å²) in [5, 5.41) is 0. The zero-order valence-corrected chi connectivity index (χ0v) is 10.3. The smallest absolute Gasteiger partial charge is 0.870 e. The Hall–Kier alpha value is 2.27. The molecule has 0 heterocycles. The SMILES string of the molecule is O.O.O.O.O.[Ag+].[Ag+].[Cr].[Cr].[OH-].[OH-]. The van der Waals surface area contributed by atoms with Gasteiger partial charge in [0.15, 0.2) is 0 Å². The van der Waals surface area contributed by atoms with Crippen molar-refractivity contribution in [1.29, 1.82) is 0 Å². The topological polar surface area (TPSA) is 218 Å². The Morgan fingerprint density at radius 1 is 0.364 bits per heavy atom. The molecule has 12 N–H and O–H groups in total. The summed E-state index contributed by atoms with van der Waals surface area (Å²) in [6, 6.07) is 0. The zero-order chi connectivity index (χ0) is 0. The summed E-state index contributed by atoms with van der Waals surface area (Å²) in [5.74, 6) is 0. The molecule has 11 heavy (non-hydrogen) atoms. The predicted molar refractivity (Wildman–Crippen MR) is 21.9 cm³/mol. The van der Waals surface area contributed by atoms with Gasteiger partial charge in [0.2, 0.25) is 0 Å². The second kappa shape index (κ2) is 303. The van der Waals surface area contributed by atoms with E-state index in [9.17, 15) is 0 Å². The Morgan fingerprint density at radius 2 is 0.364 bits per heavy atom. The molecule has 0 rings (SSSR count). The van der Waals surface area contributed by atoms with Crippen LogP contribution in [0.2, 0.25) is 0 Å². The predicted octanol–water partition coefficient (Wildman–Crippen LogP) is -4.49. The molecule has 0 unspecified atom stereocenters. The second-order valence-electron chi connectivity index (χ2n) is 0. The number of rotatable bonds is 0. The summed E-state index contributed by atoms with van der Waals surface area (Å²) < 4.78 is 0. The quantitative estimate of drug-likeness (QED) is 0.338. The molecule has 0 bridgehead atoms. The molecule has 0 aliphatic rings. The third-order valence-electron chi connectivity index (χ3n) is 0. The molecule has 0 aliphatic heterocycles. The van der Waals surface area contributed by atoms with E-state index in [2.05, 4.69) is 0 Å². The van der Waals surface area contributed by atoms with Gasteiger partial charge in [0.05, 0.1) is 0 Å². The van der Waals surface area contributed by atoms with Gasteiger partial charge in [0.1, 0.15) is 0 Å². The van der Waals surface area contributed by atoms with Crippen molar-refractivity contribution in [2.24, 2.45) is 0 Å². The van der Waals surface area contributed by atoms with Crippen LogP contribution in [0.25, 0.3) is 0 Å². The Kier molecular flexibility index (Phi) is 10700. The van der Waals surface area contributed by atoms with Crippen LogP contribution >= 0.6 is 0 Å². The Morgan fingerprint density at radius 3 is 0.364 bits per heavy atom. The van der Waals surface area contributed by atoms with Gasteiger partial charge in [-0.05, 0) is 0 Å². The molecule has 0 radical (unpaired) electrons. The van der Waals surface area contributed by atoms with Crippen LogP contribution in [0, 0.1) is 0 Å². The van der Waals surface area contributed by atoms with E-state index in [4.69, 9.17) is 0 Å². The van der Waals surface area contributed by atoms with Crippen LogP contribution < -0.4 is 0 Å². The van der Waals surface area contributed by atoms with Crippen molar-refractivity contribution in [3.63, 3.8) is 0 Å². The van der Waals surface area contributed by atoms with Gasteiger partial charge >= 0.3 is 44.8 Å². The van der Waals surface area contributed by atoms with Gasteiger partial charge in [-0.25, -0.2) is 0 Å². The van der Waals surface area contributed by atoms with Crippen molar-refractivity contribution in [3.8, 4) is 0 Å². The van der Waals surface area contributed by atoms with Crippen molar-refractivity contribution >= 4 is 0 Å². The van der Waals surface area contributed by atoms with E-state index in [0.717, 1.165) is 0 Å². The number of hydrogen-bond acceptors (Lipinski definition) is 2. The van der Waals surface area contributed by atoms with E-state index in [1.165, 1.54) is 0 Å². The molecular formula is H12Ag2Cr2O7. The van der Waals surface area contributed by atoms with Gasteiger partial charge in [-0.3, -0.25) is 0 Å². The maximum absolute atomic E-state index is 0. The molecule has 0 saturated carbocycles. The number of hydrogen-bond donors (Lipinski definition) is 0. The average molecular weight is 444 g/mol. The van der Waals surface area contributed by atoms with Crippen molar-refractivity contribution < 1.29 is 118 Å². The van der Waals surface area contributed by atoms with Crippen molar-refractivity contribution in [3.05, 3.63) is 0 Å². The standard InChI is InChI=1S/2Ag.2Cr.7H2O/h;;;;7*1H2/q2*+1;;;;;;;;;/p-2. The van der Waals surface area contributed by atoms with Gasteiger partial charge in [0.25, 0.3) is 0 Å². The minimum absolute atomic E-state index is 0. The Balaban J connectivity index is 0. The van der Waals surface area contributed by atoms with Crippen molar-refractivity contribution in [2.75, 3.05) is 0 Å². The zero-order valence-electron chi connectivity index (χ0n) is 4.81. The third-order valence-corrected chi connectivity index (χ3v) is 0. The molecule has 0 saturated heterocycles. The van der Waals surface area contributed by atoms with Crippen LogP contribution in [-0.4, -0.2) is 38.3 Å². The molecule has 0 aromatic rings. The summed E-state index contributed by atoms with van der Waals surface area (Å²) in [6.07, 6.45) is 0. The summed E-state index contributed by atoms with van der Waals surface area (Å²) in [5.41, 5.74) is 0. The molecule has 0 aromatic carbocycles. The van der Waals surface area contributed by atoms with Crippen molar-refractivity contribution in [1.82, 2.24) is 0 Å². The van der Waals surface area contributed by atoms with E-state index in [1.807, 2.05) is 0 Å². The maximum Gasteiger partial charge on any atom is 1.00 e. The van der Waals surface area contributed by atoms with E-state index in [-0.39, 0.29) is 118 Å². The Labute approximate surface area is 117 Å². The third kappa shape index (κ3) is 252. The first kappa shape index (κ1) is 389. The van der Waals surface area contributed by atoms with Gasteiger partial charge < -0.3 is 38.3 Å². The first-order chi connectivity index (χ1) is 0. The molecule has 7 nitrogen and oxygen atoms in total. The first-order valence-electron chi connectivity index (χ1n) is 0. The second-order valence-corrected chi connectivity index (χ2v) is 0. The molecule has 0 fully saturated rings. The van der Waals surface area contributed by atoms with Gasteiger partial charge in [-0.15, -0.1) is 0 Å².